The zero-order chi connectivity index (χ0) is 18.7. The molecule has 3 rings (SSSR count). The van der Waals surface area contributed by atoms with Gasteiger partial charge in [0.1, 0.15) is 17.4 Å². The van der Waals surface area contributed by atoms with E-state index in [2.05, 4.69) is 10.6 Å². The largest absolute Gasteiger partial charge is 0.477 e. The summed E-state index contributed by atoms with van der Waals surface area (Å²) in [5.74, 6) is -1.77. The lowest BCUT2D eigenvalue weighted by atomic mass is 10.1. The van der Waals surface area contributed by atoms with Crippen molar-refractivity contribution in [3.63, 3.8) is 0 Å². The molecule has 2 N–H and O–H groups in total. The molecule has 0 fully saturated rings. The Morgan fingerprint density at radius 2 is 2.00 bits per heavy atom. The van der Waals surface area contributed by atoms with Crippen molar-refractivity contribution in [3.8, 4) is 5.75 Å². The molecular weight excluding hydrogens is 344 g/mol. The van der Waals surface area contributed by atoms with Crippen molar-refractivity contribution in [2.75, 3.05) is 30.4 Å². The zero-order valence-corrected chi connectivity index (χ0v) is 14.0. The van der Waals surface area contributed by atoms with Crippen molar-refractivity contribution in [2.45, 2.75) is 6.10 Å². The number of nitrogens with zero attached hydrogens (tertiary/aromatic N) is 1. The van der Waals surface area contributed by atoms with Crippen molar-refractivity contribution in [3.05, 3.63) is 54.1 Å². The predicted molar refractivity (Wildman–Crippen MR) is 92.1 cm³/mol. The molecule has 26 heavy (non-hydrogen) atoms. The van der Waals surface area contributed by atoms with E-state index >= 15 is 0 Å². The summed E-state index contributed by atoms with van der Waals surface area (Å²) in [6.07, 6.45) is -0.784. The van der Waals surface area contributed by atoms with Gasteiger partial charge in [-0.2, -0.15) is 0 Å². The van der Waals surface area contributed by atoms with Crippen LogP contribution >= 0.6 is 0 Å². The van der Waals surface area contributed by atoms with Crippen LogP contribution in [0.2, 0.25) is 0 Å². The smallest absolute Gasteiger partial charge is 0.262 e. The summed E-state index contributed by atoms with van der Waals surface area (Å²) in [4.78, 5) is 25.9. The summed E-state index contributed by atoms with van der Waals surface area (Å²) in [6.45, 7) is -0.000436. The van der Waals surface area contributed by atoms with Crippen molar-refractivity contribution >= 4 is 23.2 Å². The van der Waals surface area contributed by atoms with E-state index in [4.69, 9.17) is 4.74 Å². The summed E-state index contributed by atoms with van der Waals surface area (Å²) >= 11 is 0. The van der Waals surface area contributed by atoms with Crippen LogP contribution in [0.1, 0.15) is 0 Å². The molecule has 0 spiro atoms. The highest BCUT2D eigenvalue weighted by molar-refractivity contribution is 5.95. The Morgan fingerprint density at radius 1 is 1.23 bits per heavy atom. The van der Waals surface area contributed by atoms with E-state index in [-0.39, 0.29) is 24.7 Å². The number of para-hydroxylation sites is 2. The molecule has 2 amide bonds. The van der Waals surface area contributed by atoms with Crippen LogP contribution in [-0.4, -0.2) is 38.1 Å². The number of halogens is 2. The van der Waals surface area contributed by atoms with Crippen molar-refractivity contribution in [1.82, 2.24) is 5.32 Å². The van der Waals surface area contributed by atoms with E-state index in [9.17, 15) is 18.4 Å². The summed E-state index contributed by atoms with van der Waals surface area (Å²) in [5.41, 5.74) is 0.405. The Kier molecular flexibility index (Phi) is 5.01. The molecule has 1 heterocycles. The van der Waals surface area contributed by atoms with Gasteiger partial charge in [0.25, 0.3) is 5.91 Å². The Balaban J connectivity index is 1.78. The zero-order valence-electron chi connectivity index (χ0n) is 14.0. The average molecular weight is 361 g/mol. The van der Waals surface area contributed by atoms with Crippen LogP contribution in [0.5, 0.6) is 5.75 Å². The Bertz CT molecular complexity index is 844. The molecule has 1 unspecified atom stereocenters. The third kappa shape index (κ3) is 3.74. The lowest BCUT2D eigenvalue weighted by Crippen LogP contribution is -2.50. The minimum atomic E-state index is -0.784. The molecule has 0 bridgehead atoms. The maximum atomic E-state index is 13.7. The van der Waals surface area contributed by atoms with Gasteiger partial charge in [-0.1, -0.05) is 12.1 Å². The maximum Gasteiger partial charge on any atom is 0.262 e. The summed E-state index contributed by atoms with van der Waals surface area (Å²) < 4.78 is 32.6. The number of nitrogens with one attached hydrogen (secondary N) is 2. The first-order valence-corrected chi connectivity index (χ1v) is 7.95. The van der Waals surface area contributed by atoms with Gasteiger partial charge in [-0.3, -0.25) is 9.59 Å². The minimum Gasteiger partial charge on any atom is -0.477 e. The number of fused-ring (bicyclic) bond motifs is 1. The number of benzene rings is 2. The normalized spacial score (nSPS) is 15.7. The Morgan fingerprint density at radius 3 is 2.77 bits per heavy atom. The number of ether oxygens (including phenoxy) is 1. The number of amides is 2. The van der Waals surface area contributed by atoms with Crippen molar-refractivity contribution in [1.29, 1.82) is 0 Å². The highest BCUT2D eigenvalue weighted by atomic mass is 19.1. The van der Waals surface area contributed by atoms with E-state index in [1.165, 1.54) is 7.05 Å². The quantitative estimate of drug-likeness (QED) is 0.873. The second-order valence-corrected chi connectivity index (χ2v) is 5.74. The molecule has 0 saturated carbocycles. The molecule has 2 aromatic rings. The van der Waals surface area contributed by atoms with Gasteiger partial charge in [-0.15, -0.1) is 0 Å². The van der Waals surface area contributed by atoms with E-state index < -0.39 is 23.6 Å². The first-order valence-electron chi connectivity index (χ1n) is 7.95. The first kappa shape index (κ1) is 17.7. The SMILES string of the molecule is CNC(=O)C1CN(CC(=O)Nc2cc(F)ccc2F)c2ccccc2O1. The standard InChI is InChI=1S/C18H17F2N3O3/c1-21-18(25)16-9-23(14-4-2-3-5-15(14)26-16)10-17(24)22-13-8-11(19)6-7-12(13)20/h2-8,16H,9-10H2,1H3,(H,21,25)(H,22,24). The van der Waals surface area contributed by atoms with Crippen LogP contribution in [-0.2, 0) is 9.59 Å². The summed E-state index contributed by atoms with van der Waals surface area (Å²) in [5, 5.41) is 4.86. The van der Waals surface area contributed by atoms with Crippen LogP contribution in [0.25, 0.3) is 0 Å². The minimum absolute atomic E-state index is 0.149. The van der Waals surface area contributed by atoms with E-state index in [1.54, 1.807) is 29.2 Å². The number of hydrogen-bond donors (Lipinski definition) is 2. The lowest BCUT2D eigenvalue weighted by molar-refractivity contribution is -0.127. The maximum absolute atomic E-state index is 13.7. The van der Waals surface area contributed by atoms with Gasteiger partial charge in [-0.25, -0.2) is 8.78 Å². The van der Waals surface area contributed by atoms with Crippen LogP contribution in [0, 0.1) is 11.6 Å². The van der Waals surface area contributed by atoms with Gasteiger partial charge < -0.3 is 20.3 Å². The fourth-order valence-electron chi connectivity index (χ4n) is 2.71. The van der Waals surface area contributed by atoms with Crippen LogP contribution < -0.4 is 20.3 Å². The van der Waals surface area contributed by atoms with Crippen LogP contribution in [0.15, 0.2) is 42.5 Å². The van der Waals surface area contributed by atoms with Gasteiger partial charge in [0.2, 0.25) is 5.91 Å². The van der Waals surface area contributed by atoms with Gasteiger partial charge in [0.05, 0.1) is 24.5 Å². The summed E-state index contributed by atoms with van der Waals surface area (Å²) in [6, 6.07) is 9.81. The molecule has 136 valence electrons. The van der Waals surface area contributed by atoms with E-state index in [0.717, 1.165) is 18.2 Å². The molecule has 1 aliphatic heterocycles. The Labute approximate surface area is 148 Å². The predicted octanol–water partition coefficient (Wildman–Crippen LogP) is 1.92. The fourth-order valence-corrected chi connectivity index (χ4v) is 2.71. The third-order valence-electron chi connectivity index (χ3n) is 3.94. The Hall–Kier alpha value is -3.16. The van der Waals surface area contributed by atoms with Crippen molar-refractivity contribution < 1.29 is 23.1 Å². The van der Waals surface area contributed by atoms with Crippen LogP contribution in [0.3, 0.4) is 0 Å². The first-order chi connectivity index (χ1) is 12.5. The molecular formula is C18H17F2N3O3. The molecule has 6 nitrogen and oxygen atoms in total. The lowest BCUT2D eigenvalue weighted by Gasteiger charge is -2.34. The topological polar surface area (TPSA) is 70.7 Å². The number of hydrogen-bond acceptors (Lipinski definition) is 4. The molecule has 8 heteroatoms. The number of anilines is 2. The van der Waals surface area contributed by atoms with E-state index in [0.29, 0.717) is 11.4 Å². The highest BCUT2D eigenvalue weighted by Crippen LogP contribution is 2.33. The van der Waals surface area contributed by atoms with Crippen LogP contribution in [0.4, 0.5) is 20.2 Å². The molecule has 0 radical (unpaired) electrons. The van der Waals surface area contributed by atoms with Crippen molar-refractivity contribution in [2.24, 2.45) is 0 Å². The number of likely N-dealkylation sites (N-methyl/N-ethyl adjacent to an activating group) is 1. The van der Waals surface area contributed by atoms with Gasteiger partial charge in [0.15, 0.2) is 6.10 Å². The monoisotopic (exact) mass is 361 g/mol. The van der Waals surface area contributed by atoms with Gasteiger partial charge in [0, 0.05) is 13.1 Å². The molecule has 2 aromatic carbocycles. The molecule has 0 aromatic heterocycles. The molecule has 1 aliphatic rings. The third-order valence-corrected chi connectivity index (χ3v) is 3.94. The highest BCUT2D eigenvalue weighted by Gasteiger charge is 2.31. The fraction of sp³-hybridized carbons (Fsp3) is 0.222. The molecule has 0 aliphatic carbocycles. The number of rotatable bonds is 4. The average Bonchev–Trinajstić information content (AvgIpc) is 2.64. The molecule has 1 atom stereocenters. The van der Waals surface area contributed by atoms with Gasteiger partial charge >= 0.3 is 0 Å². The number of carbonyl (C=O) groups is 2. The number of carbonyl (C=O) groups excluding carboxylic acids is 2. The molecule has 0 saturated heterocycles. The van der Waals surface area contributed by atoms with Gasteiger partial charge in [-0.05, 0) is 24.3 Å². The second kappa shape index (κ2) is 7.38. The summed E-state index contributed by atoms with van der Waals surface area (Å²) in [7, 11) is 1.50. The van der Waals surface area contributed by atoms with E-state index in [1.807, 2.05) is 0 Å². The second-order valence-electron chi connectivity index (χ2n) is 5.74.